The van der Waals surface area contributed by atoms with Gasteiger partial charge in [0, 0.05) is 13.6 Å². The molecule has 0 aliphatic carbocycles. The third-order valence-corrected chi connectivity index (χ3v) is 6.59. The van der Waals surface area contributed by atoms with Crippen molar-refractivity contribution in [1.82, 2.24) is 4.90 Å². The largest absolute Gasteiger partial charge is 0.387 e. The number of hydrogen-bond donors (Lipinski definition) is 1. The number of carbonyl (C=O) groups is 1. The lowest BCUT2D eigenvalue weighted by molar-refractivity contribution is -0.130. The Bertz CT molecular complexity index is 934. The van der Waals surface area contributed by atoms with Gasteiger partial charge in [-0.15, -0.1) is 11.6 Å². The number of rotatable bonds is 6. The molecule has 6 nitrogen and oxygen atoms in total. The summed E-state index contributed by atoms with van der Waals surface area (Å²) in [5.41, 5.74) is 2.76. The summed E-state index contributed by atoms with van der Waals surface area (Å²) in [4.78, 5) is 13.7. The quantitative estimate of drug-likeness (QED) is 0.744. The lowest BCUT2D eigenvalue weighted by Gasteiger charge is -2.25. The van der Waals surface area contributed by atoms with Crippen molar-refractivity contribution in [3.05, 3.63) is 65.2 Å². The molecule has 0 radical (unpaired) electrons. The number of carbonyl (C=O) groups excluding carboxylic acids is 1. The Labute approximate surface area is 164 Å². The average molecular weight is 409 g/mol. The summed E-state index contributed by atoms with van der Waals surface area (Å²) in [7, 11) is -1.83. The molecule has 1 heterocycles. The molecule has 2 aromatic carbocycles. The first-order chi connectivity index (χ1) is 12.8. The van der Waals surface area contributed by atoms with E-state index in [0.717, 1.165) is 5.56 Å². The van der Waals surface area contributed by atoms with Crippen LogP contribution in [0.2, 0.25) is 0 Å². The molecule has 1 aliphatic rings. The van der Waals surface area contributed by atoms with E-state index in [4.69, 9.17) is 11.6 Å². The van der Waals surface area contributed by atoms with Crippen molar-refractivity contribution >= 4 is 33.2 Å². The molecule has 1 unspecified atom stereocenters. The SMILES string of the molecule is CN1c2ccc(C(O)CN(Cc3ccccc3)C(=O)CCl)cc2CS1(=O)=O. The Morgan fingerprint density at radius 2 is 1.96 bits per heavy atom. The van der Waals surface area contributed by atoms with E-state index >= 15 is 0 Å². The van der Waals surface area contributed by atoms with E-state index in [-0.39, 0.29) is 24.1 Å². The van der Waals surface area contributed by atoms with Gasteiger partial charge in [-0.1, -0.05) is 36.4 Å². The molecule has 0 spiro atoms. The van der Waals surface area contributed by atoms with Crippen molar-refractivity contribution in [3.8, 4) is 0 Å². The second-order valence-corrected chi connectivity index (χ2v) is 8.79. The number of nitrogens with zero attached hydrogens (tertiary/aromatic N) is 2. The number of alkyl halides is 1. The molecule has 1 aliphatic heterocycles. The molecule has 0 fully saturated rings. The van der Waals surface area contributed by atoms with Crippen LogP contribution in [0.4, 0.5) is 5.69 Å². The molecule has 1 N–H and O–H groups in total. The highest BCUT2D eigenvalue weighted by atomic mass is 35.5. The fraction of sp³-hybridized carbons (Fsp3) is 0.316. The zero-order chi connectivity index (χ0) is 19.6. The lowest BCUT2D eigenvalue weighted by atomic mass is 10.0. The van der Waals surface area contributed by atoms with E-state index in [2.05, 4.69) is 0 Å². The number of anilines is 1. The highest BCUT2D eigenvalue weighted by molar-refractivity contribution is 7.92. The summed E-state index contributed by atoms with van der Waals surface area (Å²) >= 11 is 5.72. The van der Waals surface area contributed by atoms with Crippen molar-refractivity contribution < 1.29 is 18.3 Å². The van der Waals surface area contributed by atoms with Gasteiger partial charge in [-0.3, -0.25) is 9.10 Å². The predicted molar refractivity (Wildman–Crippen MR) is 105 cm³/mol. The Kier molecular flexibility index (Phi) is 5.74. The van der Waals surface area contributed by atoms with E-state index in [0.29, 0.717) is 23.4 Å². The maximum absolute atomic E-state index is 12.2. The van der Waals surface area contributed by atoms with Gasteiger partial charge in [0.25, 0.3) is 0 Å². The molecule has 8 heteroatoms. The van der Waals surface area contributed by atoms with Gasteiger partial charge in [-0.25, -0.2) is 8.42 Å². The Hall–Kier alpha value is -2.09. The fourth-order valence-electron chi connectivity index (χ4n) is 3.14. The van der Waals surface area contributed by atoms with Crippen LogP contribution in [0, 0.1) is 0 Å². The van der Waals surface area contributed by atoms with E-state index in [1.165, 1.54) is 16.3 Å². The molecule has 27 heavy (non-hydrogen) atoms. The monoisotopic (exact) mass is 408 g/mol. The first-order valence-corrected chi connectivity index (χ1v) is 10.6. The average Bonchev–Trinajstić information content (AvgIpc) is 2.89. The maximum atomic E-state index is 12.2. The van der Waals surface area contributed by atoms with Gasteiger partial charge in [0.2, 0.25) is 15.9 Å². The molecular formula is C19H21ClN2O4S. The Balaban J connectivity index is 1.78. The first kappa shape index (κ1) is 19.7. The van der Waals surface area contributed by atoms with Gasteiger partial charge in [0.1, 0.15) is 5.88 Å². The molecule has 1 atom stereocenters. The molecule has 0 saturated carbocycles. The van der Waals surface area contributed by atoms with Crippen molar-refractivity contribution in [1.29, 1.82) is 0 Å². The number of amides is 1. The summed E-state index contributed by atoms with van der Waals surface area (Å²) in [5.74, 6) is -0.538. The van der Waals surface area contributed by atoms with Gasteiger partial charge in [0.15, 0.2) is 0 Å². The van der Waals surface area contributed by atoms with Crippen LogP contribution in [-0.2, 0) is 27.1 Å². The third kappa shape index (κ3) is 4.26. The Morgan fingerprint density at radius 1 is 1.26 bits per heavy atom. The normalized spacial score (nSPS) is 16.0. The minimum atomic E-state index is -3.34. The van der Waals surface area contributed by atoms with Crippen LogP contribution in [0.1, 0.15) is 22.8 Å². The van der Waals surface area contributed by atoms with E-state index in [1.807, 2.05) is 30.3 Å². The molecule has 0 bridgehead atoms. The molecule has 0 saturated heterocycles. The molecule has 144 valence electrons. The Morgan fingerprint density at radius 3 is 2.63 bits per heavy atom. The van der Waals surface area contributed by atoms with Crippen LogP contribution in [0.3, 0.4) is 0 Å². The van der Waals surface area contributed by atoms with Gasteiger partial charge in [0.05, 0.1) is 24.1 Å². The minimum Gasteiger partial charge on any atom is -0.387 e. The van der Waals surface area contributed by atoms with Crippen molar-refractivity contribution in [3.63, 3.8) is 0 Å². The molecule has 0 aromatic heterocycles. The van der Waals surface area contributed by atoms with Crippen molar-refractivity contribution in [2.24, 2.45) is 0 Å². The van der Waals surface area contributed by atoms with Crippen LogP contribution in [0.5, 0.6) is 0 Å². The van der Waals surface area contributed by atoms with E-state index < -0.39 is 16.1 Å². The molecular weight excluding hydrogens is 388 g/mol. The number of aliphatic hydroxyl groups excluding tert-OH is 1. The zero-order valence-corrected chi connectivity index (χ0v) is 16.4. The predicted octanol–water partition coefficient (Wildman–Crippen LogP) is 2.27. The minimum absolute atomic E-state index is 0.0713. The highest BCUT2D eigenvalue weighted by Gasteiger charge is 2.30. The first-order valence-electron chi connectivity index (χ1n) is 8.47. The van der Waals surface area contributed by atoms with Crippen LogP contribution >= 0.6 is 11.6 Å². The van der Waals surface area contributed by atoms with Crippen LogP contribution in [0.25, 0.3) is 0 Å². The van der Waals surface area contributed by atoms with E-state index in [9.17, 15) is 18.3 Å². The van der Waals surface area contributed by atoms with Gasteiger partial charge in [-0.2, -0.15) is 0 Å². The highest BCUT2D eigenvalue weighted by Crippen LogP contribution is 2.34. The van der Waals surface area contributed by atoms with Crippen molar-refractivity contribution in [2.45, 2.75) is 18.4 Å². The standard InChI is InChI=1S/C19H21ClN2O4S/c1-21-17-8-7-15(9-16(17)13-27(21,25)26)18(23)12-22(19(24)10-20)11-14-5-3-2-4-6-14/h2-9,18,23H,10-13H2,1H3. The summed E-state index contributed by atoms with van der Waals surface area (Å²) in [6, 6.07) is 14.5. The summed E-state index contributed by atoms with van der Waals surface area (Å²) in [6.07, 6.45) is -0.945. The number of fused-ring (bicyclic) bond motifs is 1. The fourth-order valence-corrected chi connectivity index (χ4v) is 4.60. The van der Waals surface area contributed by atoms with Gasteiger partial charge >= 0.3 is 0 Å². The second-order valence-electron chi connectivity index (χ2n) is 6.52. The van der Waals surface area contributed by atoms with Crippen molar-refractivity contribution in [2.75, 3.05) is 23.8 Å². The summed E-state index contributed by atoms with van der Waals surface area (Å²) in [5, 5.41) is 10.6. The number of benzene rings is 2. The van der Waals surface area contributed by atoms with E-state index in [1.54, 1.807) is 18.2 Å². The number of aliphatic hydroxyl groups is 1. The van der Waals surface area contributed by atoms with Crippen LogP contribution in [-0.4, -0.2) is 43.8 Å². The third-order valence-electron chi connectivity index (χ3n) is 4.66. The number of sulfonamides is 1. The summed E-state index contributed by atoms with van der Waals surface area (Å²) in [6.45, 7) is 0.410. The summed E-state index contributed by atoms with van der Waals surface area (Å²) < 4.78 is 25.3. The van der Waals surface area contributed by atoms with Gasteiger partial charge in [-0.05, 0) is 28.8 Å². The second kappa shape index (κ2) is 7.88. The van der Waals surface area contributed by atoms with Crippen LogP contribution in [0.15, 0.2) is 48.5 Å². The molecule has 3 rings (SSSR count). The van der Waals surface area contributed by atoms with Gasteiger partial charge < -0.3 is 10.0 Å². The number of hydrogen-bond acceptors (Lipinski definition) is 4. The molecule has 1 amide bonds. The smallest absolute Gasteiger partial charge is 0.239 e. The zero-order valence-electron chi connectivity index (χ0n) is 14.9. The lowest BCUT2D eigenvalue weighted by Crippen LogP contribution is -2.35. The number of halogens is 1. The maximum Gasteiger partial charge on any atom is 0.239 e. The molecule has 2 aromatic rings. The topological polar surface area (TPSA) is 77.9 Å². The van der Waals surface area contributed by atoms with Crippen LogP contribution < -0.4 is 4.31 Å².